The Balaban J connectivity index is 3.09. The number of aromatic nitrogens is 1. The molecule has 19 heavy (non-hydrogen) atoms. The molecule has 0 bridgehead atoms. The molecule has 1 aromatic heterocycles. The fraction of sp³-hybridized carbons (Fsp3) is 0.455. The summed E-state index contributed by atoms with van der Waals surface area (Å²) in [4.78, 5) is 14.0. The van der Waals surface area contributed by atoms with Gasteiger partial charge in [-0.15, -0.1) is 0 Å². The van der Waals surface area contributed by atoms with E-state index in [0.29, 0.717) is 0 Å². The van der Waals surface area contributed by atoms with Gasteiger partial charge in [0.05, 0.1) is 10.9 Å². The molecule has 0 spiro atoms. The Hall–Kier alpha value is -1.41. The average molecular weight is 292 g/mol. The second-order valence-corrected chi connectivity index (χ2v) is 6.06. The number of carbonyl (C=O) groups is 1. The summed E-state index contributed by atoms with van der Waals surface area (Å²) in [6.07, 6.45) is 1.02. The monoisotopic (exact) mass is 292 g/mol. The minimum absolute atomic E-state index is 0.552. The average Bonchev–Trinajstić information content (AvgIpc) is 2.36. The molecular formula is C11H14F2N2O3S. The van der Waals surface area contributed by atoms with Gasteiger partial charge in [0.15, 0.2) is 0 Å². The molecule has 1 heterocycles. The predicted molar refractivity (Wildman–Crippen MR) is 64.5 cm³/mol. The molecule has 1 rings (SSSR count). The van der Waals surface area contributed by atoms with Gasteiger partial charge in [-0.25, -0.2) is 8.42 Å². The zero-order valence-corrected chi connectivity index (χ0v) is 11.2. The van der Waals surface area contributed by atoms with E-state index in [9.17, 15) is 22.0 Å². The van der Waals surface area contributed by atoms with E-state index < -0.39 is 38.2 Å². The van der Waals surface area contributed by atoms with E-state index in [1.165, 1.54) is 19.3 Å². The first-order valence-corrected chi connectivity index (χ1v) is 6.91. The van der Waals surface area contributed by atoms with E-state index in [2.05, 4.69) is 10.3 Å². The van der Waals surface area contributed by atoms with Crippen LogP contribution in [0.15, 0.2) is 29.4 Å². The molecule has 0 aliphatic carbocycles. The van der Waals surface area contributed by atoms with Crippen molar-refractivity contribution in [1.82, 2.24) is 10.3 Å². The first kappa shape index (κ1) is 15.6. The number of halogens is 2. The van der Waals surface area contributed by atoms with E-state index in [1.807, 2.05) is 0 Å². The van der Waals surface area contributed by atoms with Crippen molar-refractivity contribution in [2.45, 2.75) is 29.5 Å². The van der Waals surface area contributed by atoms with Crippen LogP contribution in [0.2, 0.25) is 0 Å². The number of sulfone groups is 1. The maximum atomic E-state index is 13.9. The predicted octanol–water partition coefficient (Wildman–Crippen LogP) is 1.02. The fourth-order valence-corrected chi connectivity index (χ4v) is 2.66. The SMILES string of the molecule is CNC(CC(F)(F)S(=O)(=O)c1cccnc1)C(C)=O. The number of alkyl halides is 2. The van der Waals surface area contributed by atoms with Crippen LogP contribution in [0, 0.1) is 0 Å². The van der Waals surface area contributed by atoms with Crippen molar-refractivity contribution in [1.29, 1.82) is 0 Å². The van der Waals surface area contributed by atoms with Crippen LogP contribution in [-0.2, 0) is 14.6 Å². The number of nitrogens with one attached hydrogen (secondary N) is 1. The van der Waals surface area contributed by atoms with Gasteiger partial charge in [0, 0.05) is 18.8 Å². The lowest BCUT2D eigenvalue weighted by Gasteiger charge is -2.21. The lowest BCUT2D eigenvalue weighted by Crippen LogP contribution is -2.41. The number of hydrogen-bond donors (Lipinski definition) is 1. The van der Waals surface area contributed by atoms with Crippen LogP contribution in [0.25, 0.3) is 0 Å². The summed E-state index contributed by atoms with van der Waals surface area (Å²) < 4.78 is 51.4. The molecule has 0 aromatic carbocycles. The molecular weight excluding hydrogens is 278 g/mol. The van der Waals surface area contributed by atoms with Crippen molar-refractivity contribution >= 4 is 15.6 Å². The van der Waals surface area contributed by atoms with E-state index in [0.717, 1.165) is 19.2 Å². The third-order valence-electron chi connectivity index (χ3n) is 2.62. The number of likely N-dealkylation sites (N-methyl/N-ethyl adjacent to an activating group) is 1. The molecule has 0 aliphatic heterocycles. The Kier molecular flexibility index (Phi) is 4.70. The van der Waals surface area contributed by atoms with Crippen molar-refractivity contribution < 1.29 is 22.0 Å². The number of pyridine rings is 1. The molecule has 0 saturated heterocycles. The van der Waals surface area contributed by atoms with Crippen molar-refractivity contribution in [2.75, 3.05) is 7.05 Å². The van der Waals surface area contributed by atoms with E-state index in [1.54, 1.807) is 0 Å². The Morgan fingerprint density at radius 2 is 2.16 bits per heavy atom. The van der Waals surface area contributed by atoms with E-state index in [-0.39, 0.29) is 0 Å². The number of hydrogen-bond acceptors (Lipinski definition) is 5. The summed E-state index contributed by atoms with van der Waals surface area (Å²) in [5, 5.41) is -1.67. The summed E-state index contributed by atoms with van der Waals surface area (Å²) in [6, 6.07) is 1.07. The topological polar surface area (TPSA) is 76.1 Å². The third kappa shape index (κ3) is 3.32. The van der Waals surface area contributed by atoms with Gasteiger partial charge in [-0.05, 0) is 26.1 Å². The highest BCUT2D eigenvalue weighted by Gasteiger charge is 2.48. The highest BCUT2D eigenvalue weighted by atomic mass is 32.2. The minimum atomic E-state index is -4.87. The van der Waals surface area contributed by atoms with Crippen LogP contribution in [-0.4, -0.2) is 37.5 Å². The van der Waals surface area contributed by atoms with Crippen molar-refractivity contribution in [3.05, 3.63) is 24.5 Å². The second kappa shape index (κ2) is 5.70. The van der Waals surface area contributed by atoms with Gasteiger partial charge < -0.3 is 5.32 Å². The summed E-state index contributed by atoms with van der Waals surface area (Å²) in [7, 11) is -3.55. The highest BCUT2D eigenvalue weighted by Crippen LogP contribution is 2.32. The summed E-state index contributed by atoms with van der Waals surface area (Å²) >= 11 is 0. The van der Waals surface area contributed by atoms with Gasteiger partial charge >= 0.3 is 5.25 Å². The van der Waals surface area contributed by atoms with Gasteiger partial charge in [-0.2, -0.15) is 8.78 Å². The van der Waals surface area contributed by atoms with Gasteiger partial charge in [0.1, 0.15) is 5.78 Å². The van der Waals surface area contributed by atoms with Crippen molar-refractivity contribution in [3.63, 3.8) is 0 Å². The first-order chi connectivity index (χ1) is 8.72. The molecule has 106 valence electrons. The number of ketones is 1. The van der Waals surface area contributed by atoms with Crippen LogP contribution >= 0.6 is 0 Å². The number of rotatable bonds is 6. The van der Waals surface area contributed by atoms with Gasteiger partial charge in [0.25, 0.3) is 0 Å². The lowest BCUT2D eigenvalue weighted by atomic mass is 10.1. The molecule has 0 amide bonds. The van der Waals surface area contributed by atoms with Crippen LogP contribution in [0.1, 0.15) is 13.3 Å². The van der Waals surface area contributed by atoms with Crippen LogP contribution in [0.5, 0.6) is 0 Å². The van der Waals surface area contributed by atoms with E-state index >= 15 is 0 Å². The quantitative estimate of drug-likeness (QED) is 0.847. The number of carbonyl (C=O) groups excluding carboxylic acids is 1. The molecule has 1 unspecified atom stereocenters. The zero-order valence-electron chi connectivity index (χ0n) is 10.4. The standard InChI is InChI=1S/C11H14F2N2O3S/c1-8(16)10(14-2)6-11(12,13)19(17,18)9-4-3-5-15-7-9/h3-5,7,10,14H,6H2,1-2H3. The first-order valence-electron chi connectivity index (χ1n) is 5.42. The molecule has 1 N–H and O–H groups in total. The minimum Gasteiger partial charge on any atom is -0.310 e. The zero-order chi connectivity index (χ0) is 14.7. The molecule has 0 aliphatic rings. The second-order valence-electron chi connectivity index (χ2n) is 3.99. The van der Waals surface area contributed by atoms with E-state index in [4.69, 9.17) is 0 Å². The van der Waals surface area contributed by atoms with Crippen LogP contribution in [0.3, 0.4) is 0 Å². The Morgan fingerprint density at radius 1 is 1.53 bits per heavy atom. The largest absolute Gasteiger partial charge is 0.352 e. The normalized spacial score (nSPS) is 14.1. The van der Waals surface area contributed by atoms with Crippen LogP contribution in [0.4, 0.5) is 8.78 Å². The summed E-state index contributed by atoms with van der Waals surface area (Å²) in [5.41, 5.74) is 0. The molecule has 0 saturated carbocycles. The lowest BCUT2D eigenvalue weighted by molar-refractivity contribution is -0.120. The molecule has 1 aromatic rings. The van der Waals surface area contributed by atoms with Gasteiger partial charge in [0.2, 0.25) is 9.84 Å². The number of Topliss-reactive ketones (excluding diaryl/α,β-unsaturated/α-hetero) is 1. The fourth-order valence-electron chi connectivity index (χ4n) is 1.47. The molecule has 0 fully saturated rings. The van der Waals surface area contributed by atoms with Crippen molar-refractivity contribution in [3.8, 4) is 0 Å². The maximum absolute atomic E-state index is 13.9. The Labute approximate surface area is 110 Å². The van der Waals surface area contributed by atoms with Gasteiger partial charge in [-0.1, -0.05) is 0 Å². The molecule has 0 radical (unpaired) electrons. The van der Waals surface area contributed by atoms with Gasteiger partial charge in [-0.3, -0.25) is 9.78 Å². The van der Waals surface area contributed by atoms with Crippen molar-refractivity contribution in [2.24, 2.45) is 0 Å². The molecule has 1 atom stereocenters. The summed E-state index contributed by atoms with van der Waals surface area (Å²) in [5.74, 6) is -0.552. The Morgan fingerprint density at radius 3 is 2.58 bits per heavy atom. The van der Waals surface area contributed by atoms with Crippen LogP contribution < -0.4 is 5.32 Å². The molecule has 8 heteroatoms. The highest BCUT2D eigenvalue weighted by molar-refractivity contribution is 7.92. The smallest absolute Gasteiger partial charge is 0.310 e. The third-order valence-corrected chi connectivity index (χ3v) is 4.43. The number of nitrogens with zero attached hydrogens (tertiary/aromatic N) is 1. The Bertz CT molecular complexity index is 546. The summed E-state index contributed by atoms with van der Waals surface area (Å²) in [6.45, 7) is 1.12. The molecule has 5 nitrogen and oxygen atoms in total. The maximum Gasteiger partial charge on any atom is 0.352 e.